The summed E-state index contributed by atoms with van der Waals surface area (Å²) in [5.74, 6) is 0.323. The highest BCUT2D eigenvalue weighted by atomic mass is 32.2. The van der Waals surface area contributed by atoms with Gasteiger partial charge in [0.15, 0.2) is 0 Å². The first-order valence-corrected chi connectivity index (χ1v) is 5.43. The van der Waals surface area contributed by atoms with E-state index in [1.54, 1.807) is 4.31 Å². The molecule has 3 nitrogen and oxygen atoms in total. The van der Waals surface area contributed by atoms with Gasteiger partial charge in [0.05, 0.1) is 5.25 Å². The number of rotatable bonds is 2. The minimum absolute atomic E-state index is 0.0463. The summed E-state index contributed by atoms with van der Waals surface area (Å²) >= 11 is 0. The summed E-state index contributed by atoms with van der Waals surface area (Å²) in [5, 5.41) is -0.0463. The molecular weight excluding hydrogens is 162 g/mol. The Hall–Kier alpha value is -0.0900. The normalized spacial score (nSPS) is 28.5. The van der Waals surface area contributed by atoms with Crippen LogP contribution < -0.4 is 0 Å². The Morgan fingerprint density at radius 3 is 2.18 bits per heavy atom. The number of nitrogens with zero attached hydrogens (tertiary/aromatic N) is 1. The van der Waals surface area contributed by atoms with Crippen LogP contribution in [0, 0.1) is 12.8 Å². The first-order valence-electron chi connectivity index (χ1n) is 3.93. The molecule has 0 atom stereocenters. The molecule has 2 fully saturated rings. The molecule has 1 radical (unpaired) electrons. The Bertz CT molecular complexity index is 250. The van der Waals surface area contributed by atoms with Gasteiger partial charge in [0, 0.05) is 13.1 Å². The van der Waals surface area contributed by atoms with Crippen molar-refractivity contribution in [3.63, 3.8) is 0 Å². The van der Waals surface area contributed by atoms with Crippen LogP contribution in [0.5, 0.6) is 0 Å². The molecular formula is C7H12NO2S. The molecule has 0 aromatic heterocycles. The summed E-state index contributed by atoms with van der Waals surface area (Å²) in [6.07, 6.45) is 1.72. The third kappa shape index (κ3) is 1.18. The van der Waals surface area contributed by atoms with Crippen molar-refractivity contribution >= 4 is 10.0 Å². The Kier molecular flexibility index (Phi) is 1.51. The van der Waals surface area contributed by atoms with Gasteiger partial charge in [-0.3, -0.25) is 0 Å². The van der Waals surface area contributed by atoms with Crippen LogP contribution in [0.25, 0.3) is 0 Å². The highest BCUT2D eigenvalue weighted by Crippen LogP contribution is 2.33. The lowest BCUT2D eigenvalue weighted by Gasteiger charge is -2.35. The molecule has 2 rings (SSSR count). The van der Waals surface area contributed by atoms with Gasteiger partial charge in [-0.1, -0.05) is 0 Å². The smallest absolute Gasteiger partial charge is 0.212 e. The zero-order chi connectivity index (χ0) is 8.06. The van der Waals surface area contributed by atoms with E-state index in [1.807, 2.05) is 0 Å². The number of sulfonamides is 1. The lowest BCUT2D eigenvalue weighted by molar-refractivity contribution is 0.240. The summed E-state index contributed by atoms with van der Waals surface area (Å²) in [5.41, 5.74) is 0. The van der Waals surface area contributed by atoms with E-state index in [9.17, 15) is 8.42 Å². The summed E-state index contributed by atoms with van der Waals surface area (Å²) in [7, 11) is -2.87. The first-order chi connectivity index (χ1) is 5.10. The SMILES string of the molecule is [CH2]C1CN(S(=O)(=O)C2CC2)C1. The van der Waals surface area contributed by atoms with E-state index in [4.69, 9.17) is 0 Å². The van der Waals surface area contributed by atoms with Gasteiger partial charge in [-0.15, -0.1) is 0 Å². The molecule has 1 heterocycles. The zero-order valence-corrected chi connectivity index (χ0v) is 7.18. The van der Waals surface area contributed by atoms with Crippen LogP contribution in [0.4, 0.5) is 0 Å². The lowest BCUT2D eigenvalue weighted by atomic mass is 10.1. The Morgan fingerprint density at radius 2 is 1.82 bits per heavy atom. The topological polar surface area (TPSA) is 37.4 Å². The molecule has 1 saturated carbocycles. The molecule has 1 saturated heterocycles. The van der Waals surface area contributed by atoms with Crippen molar-refractivity contribution in [2.24, 2.45) is 5.92 Å². The average Bonchev–Trinajstić information content (AvgIpc) is 2.60. The van der Waals surface area contributed by atoms with E-state index in [0.29, 0.717) is 19.0 Å². The molecule has 0 spiro atoms. The van der Waals surface area contributed by atoms with Gasteiger partial charge in [-0.25, -0.2) is 12.7 Å². The molecule has 11 heavy (non-hydrogen) atoms. The fourth-order valence-electron chi connectivity index (χ4n) is 1.31. The van der Waals surface area contributed by atoms with Crippen LogP contribution in [0.3, 0.4) is 0 Å². The van der Waals surface area contributed by atoms with Gasteiger partial charge < -0.3 is 0 Å². The third-order valence-corrected chi connectivity index (χ3v) is 4.56. The van der Waals surface area contributed by atoms with Crippen LogP contribution in [0.2, 0.25) is 0 Å². The van der Waals surface area contributed by atoms with E-state index >= 15 is 0 Å². The maximum Gasteiger partial charge on any atom is 0.217 e. The second kappa shape index (κ2) is 2.20. The van der Waals surface area contributed by atoms with Crippen LogP contribution in [-0.4, -0.2) is 31.1 Å². The van der Waals surface area contributed by atoms with Crippen molar-refractivity contribution in [3.05, 3.63) is 6.92 Å². The second-order valence-corrected chi connectivity index (χ2v) is 5.64. The minimum atomic E-state index is -2.87. The van der Waals surface area contributed by atoms with E-state index in [-0.39, 0.29) is 5.25 Å². The Labute approximate surface area is 67.4 Å². The second-order valence-electron chi connectivity index (χ2n) is 3.43. The fourth-order valence-corrected chi connectivity index (χ4v) is 3.30. The quantitative estimate of drug-likeness (QED) is 0.601. The average molecular weight is 174 g/mol. The maximum absolute atomic E-state index is 11.4. The standard InChI is InChI=1S/C7H12NO2S/c1-6-4-8(5-6)11(9,10)7-2-3-7/h6-7H,1-5H2. The van der Waals surface area contributed by atoms with Crippen molar-refractivity contribution in [1.82, 2.24) is 4.31 Å². The summed E-state index contributed by atoms with van der Waals surface area (Å²) in [6.45, 7) is 5.06. The summed E-state index contributed by atoms with van der Waals surface area (Å²) in [6, 6.07) is 0. The molecule has 63 valence electrons. The fraction of sp³-hybridized carbons (Fsp3) is 0.857. The van der Waals surface area contributed by atoms with E-state index in [0.717, 1.165) is 12.8 Å². The van der Waals surface area contributed by atoms with Crippen molar-refractivity contribution in [1.29, 1.82) is 0 Å². The van der Waals surface area contributed by atoms with E-state index in [2.05, 4.69) is 6.92 Å². The molecule has 0 unspecified atom stereocenters. The largest absolute Gasteiger partial charge is 0.217 e. The van der Waals surface area contributed by atoms with Gasteiger partial charge in [0.2, 0.25) is 10.0 Å². The predicted molar refractivity (Wildman–Crippen MR) is 42.4 cm³/mol. The van der Waals surface area contributed by atoms with Crippen molar-refractivity contribution in [2.45, 2.75) is 18.1 Å². The molecule has 0 N–H and O–H groups in total. The zero-order valence-electron chi connectivity index (χ0n) is 6.36. The number of hydrogen-bond acceptors (Lipinski definition) is 2. The number of hydrogen-bond donors (Lipinski definition) is 0. The lowest BCUT2D eigenvalue weighted by Crippen LogP contribution is -2.49. The van der Waals surface area contributed by atoms with E-state index < -0.39 is 10.0 Å². The molecule has 1 aliphatic heterocycles. The molecule has 0 amide bonds. The van der Waals surface area contributed by atoms with E-state index in [1.165, 1.54) is 0 Å². The predicted octanol–water partition coefficient (Wildman–Crippen LogP) is 0.244. The summed E-state index contributed by atoms with van der Waals surface area (Å²) < 4.78 is 24.4. The van der Waals surface area contributed by atoms with Crippen LogP contribution in [-0.2, 0) is 10.0 Å². The molecule has 4 heteroatoms. The molecule has 1 aliphatic carbocycles. The maximum atomic E-state index is 11.4. The Morgan fingerprint density at radius 1 is 1.27 bits per heavy atom. The van der Waals surface area contributed by atoms with Crippen molar-refractivity contribution in [2.75, 3.05) is 13.1 Å². The van der Waals surface area contributed by atoms with Gasteiger partial charge in [0.25, 0.3) is 0 Å². The van der Waals surface area contributed by atoms with Crippen LogP contribution in [0.15, 0.2) is 0 Å². The first kappa shape index (κ1) is 7.55. The van der Waals surface area contributed by atoms with Gasteiger partial charge >= 0.3 is 0 Å². The Balaban J connectivity index is 2.04. The third-order valence-electron chi connectivity index (χ3n) is 2.23. The van der Waals surface area contributed by atoms with Crippen LogP contribution in [0.1, 0.15) is 12.8 Å². The van der Waals surface area contributed by atoms with Gasteiger partial charge in [0.1, 0.15) is 0 Å². The highest BCUT2D eigenvalue weighted by molar-refractivity contribution is 7.90. The molecule has 2 aliphatic rings. The van der Waals surface area contributed by atoms with Crippen molar-refractivity contribution < 1.29 is 8.42 Å². The van der Waals surface area contributed by atoms with Gasteiger partial charge in [-0.2, -0.15) is 0 Å². The highest BCUT2D eigenvalue weighted by Gasteiger charge is 2.43. The van der Waals surface area contributed by atoms with Gasteiger partial charge in [-0.05, 0) is 25.7 Å². The molecule has 0 bridgehead atoms. The van der Waals surface area contributed by atoms with Crippen molar-refractivity contribution in [3.8, 4) is 0 Å². The summed E-state index contributed by atoms with van der Waals surface area (Å²) in [4.78, 5) is 0. The van der Waals surface area contributed by atoms with Crippen LogP contribution >= 0.6 is 0 Å². The monoisotopic (exact) mass is 174 g/mol. The minimum Gasteiger partial charge on any atom is -0.212 e. The molecule has 0 aromatic rings. The molecule has 0 aromatic carbocycles.